The number of benzene rings is 1. The summed E-state index contributed by atoms with van der Waals surface area (Å²) < 4.78 is 1.16. The molecule has 1 fully saturated rings. The maximum atomic E-state index is 3.72. The fourth-order valence-electron chi connectivity index (χ4n) is 2.97. The van der Waals surface area contributed by atoms with Crippen molar-refractivity contribution in [2.45, 2.75) is 58.4 Å². The Bertz CT molecular complexity index is 381. The average Bonchev–Trinajstić information content (AvgIpc) is 2.37. The molecular formula is C16H24BrN. The Morgan fingerprint density at radius 1 is 1.22 bits per heavy atom. The van der Waals surface area contributed by atoms with Gasteiger partial charge in [-0.25, -0.2) is 0 Å². The number of hydrogen-bond donors (Lipinski definition) is 1. The highest BCUT2D eigenvalue weighted by atomic mass is 79.9. The number of nitrogens with one attached hydrogen (secondary N) is 1. The van der Waals surface area contributed by atoms with Crippen LogP contribution in [0.2, 0.25) is 0 Å². The third kappa shape index (κ3) is 3.74. The van der Waals surface area contributed by atoms with Crippen molar-refractivity contribution in [2.24, 2.45) is 5.92 Å². The second kappa shape index (κ2) is 6.60. The molecule has 1 aromatic rings. The van der Waals surface area contributed by atoms with Gasteiger partial charge < -0.3 is 5.32 Å². The van der Waals surface area contributed by atoms with Crippen molar-refractivity contribution in [3.8, 4) is 0 Å². The summed E-state index contributed by atoms with van der Waals surface area (Å²) in [5.74, 6) is 0.983. The molecule has 0 aliphatic heterocycles. The minimum atomic E-state index is 0.672. The van der Waals surface area contributed by atoms with E-state index in [1.165, 1.54) is 49.8 Å². The third-order valence-corrected chi connectivity index (χ3v) is 4.60. The van der Waals surface area contributed by atoms with Crippen LogP contribution in [0, 0.1) is 12.8 Å². The Morgan fingerprint density at radius 3 is 2.61 bits per heavy atom. The van der Waals surface area contributed by atoms with Gasteiger partial charge in [0, 0.05) is 16.2 Å². The highest BCUT2D eigenvalue weighted by molar-refractivity contribution is 9.10. The smallest absolute Gasteiger partial charge is 0.0383 e. The van der Waals surface area contributed by atoms with Crippen LogP contribution in [0.4, 0.5) is 5.69 Å². The molecule has 0 radical (unpaired) electrons. The molecule has 1 nitrogen and oxygen atoms in total. The van der Waals surface area contributed by atoms with Gasteiger partial charge in [0.1, 0.15) is 0 Å². The van der Waals surface area contributed by atoms with Gasteiger partial charge >= 0.3 is 0 Å². The molecular weight excluding hydrogens is 286 g/mol. The summed E-state index contributed by atoms with van der Waals surface area (Å²) in [6, 6.07) is 7.16. The zero-order valence-corrected chi connectivity index (χ0v) is 13.1. The van der Waals surface area contributed by atoms with Crippen LogP contribution in [0.15, 0.2) is 22.7 Å². The fourth-order valence-corrected chi connectivity index (χ4v) is 3.33. The lowest BCUT2D eigenvalue weighted by Gasteiger charge is -2.30. The predicted molar refractivity (Wildman–Crippen MR) is 83.2 cm³/mol. The van der Waals surface area contributed by atoms with E-state index < -0.39 is 0 Å². The molecule has 1 aromatic carbocycles. The first-order valence-electron chi connectivity index (χ1n) is 7.21. The normalized spacial score (nSPS) is 23.9. The molecule has 1 aliphatic carbocycles. The number of aryl methyl sites for hydroxylation is 1. The molecule has 0 amide bonds. The number of rotatable bonds is 4. The van der Waals surface area contributed by atoms with Crippen LogP contribution >= 0.6 is 15.9 Å². The Labute approximate surface area is 119 Å². The standard InChI is InChI=1S/C16H24BrN/c1-3-4-13-6-9-15(10-7-13)18-16-11-14(17)8-5-12(16)2/h5,8,11,13,15,18H,3-4,6-7,9-10H2,1-2H3. The number of halogens is 1. The molecule has 1 saturated carbocycles. The first-order valence-corrected chi connectivity index (χ1v) is 8.01. The van der Waals surface area contributed by atoms with Crippen molar-refractivity contribution < 1.29 is 0 Å². The monoisotopic (exact) mass is 309 g/mol. The summed E-state index contributed by atoms with van der Waals surface area (Å²) in [6.45, 7) is 4.48. The minimum Gasteiger partial charge on any atom is -0.382 e. The maximum absolute atomic E-state index is 3.72. The molecule has 0 bridgehead atoms. The first-order chi connectivity index (χ1) is 8.69. The van der Waals surface area contributed by atoms with Crippen molar-refractivity contribution in [3.63, 3.8) is 0 Å². The van der Waals surface area contributed by atoms with E-state index in [0.29, 0.717) is 6.04 Å². The van der Waals surface area contributed by atoms with Crippen LogP contribution in [-0.2, 0) is 0 Å². The summed E-state index contributed by atoms with van der Waals surface area (Å²) in [5, 5.41) is 3.72. The highest BCUT2D eigenvalue weighted by Crippen LogP contribution is 2.30. The van der Waals surface area contributed by atoms with Gasteiger partial charge in [-0.15, -0.1) is 0 Å². The van der Waals surface area contributed by atoms with Gasteiger partial charge in [0.25, 0.3) is 0 Å². The van der Waals surface area contributed by atoms with Gasteiger partial charge in [0.05, 0.1) is 0 Å². The average molecular weight is 310 g/mol. The van der Waals surface area contributed by atoms with Gasteiger partial charge in [-0.1, -0.05) is 41.8 Å². The van der Waals surface area contributed by atoms with Crippen molar-refractivity contribution in [2.75, 3.05) is 5.32 Å². The van der Waals surface area contributed by atoms with Gasteiger partial charge in [0.2, 0.25) is 0 Å². The van der Waals surface area contributed by atoms with E-state index in [-0.39, 0.29) is 0 Å². The van der Waals surface area contributed by atoms with Gasteiger partial charge in [0.15, 0.2) is 0 Å². The van der Waals surface area contributed by atoms with Crippen molar-refractivity contribution in [1.82, 2.24) is 0 Å². The second-order valence-electron chi connectivity index (χ2n) is 5.61. The molecule has 0 atom stereocenters. The Kier molecular flexibility index (Phi) is 5.11. The van der Waals surface area contributed by atoms with Gasteiger partial charge in [-0.05, 0) is 56.2 Å². The number of anilines is 1. The minimum absolute atomic E-state index is 0.672. The predicted octanol–water partition coefficient (Wildman–Crippen LogP) is 5.53. The Hall–Kier alpha value is -0.500. The summed E-state index contributed by atoms with van der Waals surface area (Å²) in [5.41, 5.74) is 2.64. The highest BCUT2D eigenvalue weighted by Gasteiger charge is 2.20. The SMILES string of the molecule is CCCC1CCC(Nc2cc(Br)ccc2C)CC1. The molecule has 0 aromatic heterocycles. The molecule has 1 N–H and O–H groups in total. The molecule has 1 aliphatic rings. The van der Waals surface area contributed by atoms with Crippen molar-refractivity contribution in [1.29, 1.82) is 0 Å². The first kappa shape index (κ1) is 13.9. The van der Waals surface area contributed by atoms with Crippen LogP contribution in [-0.4, -0.2) is 6.04 Å². The quantitative estimate of drug-likeness (QED) is 0.771. The van der Waals surface area contributed by atoms with E-state index in [0.717, 1.165) is 10.4 Å². The largest absolute Gasteiger partial charge is 0.382 e. The van der Waals surface area contributed by atoms with E-state index in [1.54, 1.807) is 0 Å². The lowest BCUT2D eigenvalue weighted by atomic mass is 9.83. The fraction of sp³-hybridized carbons (Fsp3) is 0.625. The topological polar surface area (TPSA) is 12.0 Å². The Balaban J connectivity index is 1.89. The lowest BCUT2D eigenvalue weighted by Crippen LogP contribution is -2.26. The van der Waals surface area contributed by atoms with E-state index in [9.17, 15) is 0 Å². The molecule has 100 valence electrons. The molecule has 2 rings (SSSR count). The summed E-state index contributed by atoms with van der Waals surface area (Å²) in [4.78, 5) is 0. The molecule has 0 saturated heterocycles. The Morgan fingerprint density at radius 2 is 1.94 bits per heavy atom. The van der Waals surface area contributed by atoms with E-state index in [2.05, 4.69) is 53.3 Å². The van der Waals surface area contributed by atoms with Crippen molar-refractivity contribution in [3.05, 3.63) is 28.2 Å². The molecule has 0 spiro atoms. The van der Waals surface area contributed by atoms with E-state index in [1.807, 2.05) is 0 Å². The van der Waals surface area contributed by atoms with E-state index >= 15 is 0 Å². The summed E-state index contributed by atoms with van der Waals surface area (Å²) >= 11 is 3.55. The van der Waals surface area contributed by atoms with Crippen molar-refractivity contribution >= 4 is 21.6 Å². The summed E-state index contributed by atoms with van der Waals surface area (Å²) in [7, 11) is 0. The zero-order chi connectivity index (χ0) is 13.0. The molecule has 2 heteroatoms. The van der Waals surface area contributed by atoms with Crippen LogP contribution in [0.25, 0.3) is 0 Å². The second-order valence-corrected chi connectivity index (χ2v) is 6.53. The molecule has 0 unspecified atom stereocenters. The molecule has 18 heavy (non-hydrogen) atoms. The maximum Gasteiger partial charge on any atom is 0.0383 e. The van der Waals surface area contributed by atoms with Crippen LogP contribution < -0.4 is 5.32 Å². The summed E-state index contributed by atoms with van der Waals surface area (Å²) in [6.07, 6.45) is 8.22. The van der Waals surface area contributed by atoms with Crippen LogP contribution in [0.1, 0.15) is 51.0 Å². The lowest BCUT2D eigenvalue weighted by molar-refractivity contribution is 0.319. The van der Waals surface area contributed by atoms with E-state index in [4.69, 9.17) is 0 Å². The number of hydrogen-bond acceptors (Lipinski definition) is 1. The van der Waals surface area contributed by atoms with Gasteiger partial charge in [-0.2, -0.15) is 0 Å². The third-order valence-electron chi connectivity index (χ3n) is 4.10. The molecule has 0 heterocycles. The van der Waals surface area contributed by atoms with Crippen LogP contribution in [0.5, 0.6) is 0 Å². The zero-order valence-electron chi connectivity index (χ0n) is 11.5. The van der Waals surface area contributed by atoms with Gasteiger partial charge in [-0.3, -0.25) is 0 Å². The van der Waals surface area contributed by atoms with Crippen LogP contribution in [0.3, 0.4) is 0 Å².